The van der Waals surface area contributed by atoms with Gasteiger partial charge in [0.2, 0.25) is 0 Å². The molecule has 3 atom stereocenters. The first-order valence-corrected chi connectivity index (χ1v) is 7.19. The second-order valence-corrected chi connectivity index (χ2v) is 5.72. The highest BCUT2D eigenvalue weighted by molar-refractivity contribution is 4.93. The molecule has 1 saturated carbocycles. The van der Waals surface area contributed by atoms with Crippen LogP contribution in [0.2, 0.25) is 0 Å². The van der Waals surface area contributed by atoms with Crippen molar-refractivity contribution < 1.29 is 5.11 Å². The lowest BCUT2D eigenvalue weighted by Gasteiger charge is -2.33. The van der Waals surface area contributed by atoms with Crippen molar-refractivity contribution in [2.24, 2.45) is 5.92 Å². The maximum absolute atomic E-state index is 8.78. The van der Waals surface area contributed by atoms with Crippen LogP contribution in [0.4, 0.5) is 0 Å². The van der Waals surface area contributed by atoms with Gasteiger partial charge in [-0.25, -0.2) is 0 Å². The van der Waals surface area contributed by atoms with Crippen molar-refractivity contribution >= 4 is 0 Å². The Morgan fingerprint density at radius 2 is 1.94 bits per heavy atom. The fourth-order valence-corrected chi connectivity index (χ4v) is 3.77. The fraction of sp³-hybridized carbons (Fsp3) is 1.00. The van der Waals surface area contributed by atoms with Crippen LogP contribution >= 0.6 is 0 Å². The van der Waals surface area contributed by atoms with E-state index in [0.29, 0.717) is 6.61 Å². The number of unbranched alkanes of at least 4 members (excludes halogenated alkanes) is 2. The van der Waals surface area contributed by atoms with Gasteiger partial charge in [-0.15, -0.1) is 0 Å². The molecule has 16 heavy (non-hydrogen) atoms. The smallest absolute Gasteiger partial charge is 0.0431 e. The molecule has 0 radical (unpaired) electrons. The minimum absolute atomic E-state index is 0.363. The second kappa shape index (κ2) is 6.02. The summed E-state index contributed by atoms with van der Waals surface area (Å²) in [6, 6.07) is 1.71. The molecule has 0 aromatic heterocycles. The number of hydrogen-bond acceptors (Lipinski definition) is 2. The molecule has 1 aliphatic heterocycles. The number of fused-ring (bicyclic) bond motifs is 1. The Hall–Kier alpha value is -0.0800. The minimum atomic E-state index is 0.363. The molecule has 2 fully saturated rings. The third kappa shape index (κ3) is 2.78. The van der Waals surface area contributed by atoms with Crippen molar-refractivity contribution in [3.05, 3.63) is 0 Å². The van der Waals surface area contributed by atoms with Gasteiger partial charge in [0.05, 0.1) is 0 Å². The van der Waals surface area contributed by atoms with Gasteiger partial charge in [0.15, 0.2) is 0 Å². The Kier molecular flexibility index (Phi) is 4.66. The largest absolute Gasteiger partial charge is 0.396 e. The number of nitrogens with zero attached hydrogens (tertiary/aromatic N) is 1. The van der Waals surface area contributed by atoms with Crippen LogP contribution in [0.15, 0.2) is 0 Å². The first-order valence-electron chi connectivity index (χ1n) is 7.19. The molecule has 2 rings (SSSR count). The van der Waals surface area contributed by atoms with Crippen LogP contribution in [0.25, 0.3) is 0 Å². The highest BCUT2D eigenvalue weighted by atomic mass is 16.2. The summed E-state index contributed by atoms with van der Waals surface area (Å²) in [6.45, 7) is 4.04. The van der Waals surface area contributed by atoms with E-state index in [1.54, 1.807) is 0 Å². The van der Waals surface area contributed by atoms with Crippen LogP contribution < -0.4 is 0 Å². The molecule has 0 spiro atoms. The first-order chi connectivity index (χ1) is 7.83. The zero-order chi connectivity index (χ0) is 11.4. The van der Waals surface area contributed by atoms with Crippen molar-refractivity contribution in [2.75, 3.05) is 13.2 Å². The van der Waals surface area contributed by atoms with E-state index in [9.17, 15) is 0 Å². The molecule has 1 N–H and O–H groups in total. The summed E-state index contributed by atoms with van der Waals surface area (Å²) in [4.78, 5) is 2.77. The van der Waals surface area contributed by atoms with E-state index in [4.69, 9.17) is 5.11 Å². The van der Waals surface area contributed by atoms with Crippen molar-refractivity contribution in [3.8, 4) is 0 Å². The van der Waals surface area contributed by atoms with Crippen LogP contribution in [0.3, 0.4) is 0 Å². The van der Waals surface area contributed by atoms with Gasteiger partial charge in [-0.1, -0.05) is 12.8 Å². The van der Waals surface area contributed by atoms with Gasteiger partial charge in [0, 0.05) is 18.7 Å². The number of rotatable bonds is 5. The van der Waals surface area contributed by atoms with E-state index in [0.717, 1.165) is 24.4 Å². The summed E-state index contributed by atoms with van der Waals surface area (Å²) < 4.78 is 0. The standard InChI is InChI=1S/C14H27NO/c1-12-11-13-7-3-4-8-14(13)15(12)9-5-2-6-10-16/h12-14,16H,2-11H2,1H3/t12-,13+,14-/m1/s1. The molecule has 1 saturated heterocycles. The predicted octanol–water partition coefficient (Wildman–Crippen LogP) is 2.80. The summed E-state index contributed by atoms with van der Waals surface area (Å²) >= 11 is 0. The lowest BCUT2D eigenvalue weighted by Crippen LogP contribution is -2.38. The number of aliphatic hydroxyl groups excluding tert-OH is 1. The molecule has 1 aliphatic carbocycles. The van der Waals surface area contributed by atoms with E-state index in [2.05, 4.69) is 11.8 Å². The molecule has 0 bridgehead atoms. The quantitative estimate of drug-likeness (QED) is 0.727. The Bertz CT molecular complexity index is 207. The molecule has 2 aliphatic rings. The fourth-order valence-electron chi connectivity index (χ4n) is 3.77. The van der Waals surface area contributed by atoms with Crippen LogP contribution in [-0.4, -0.2) is 35.2 Å². The van der Waals surface area contributed by atoms with Crippen LogP contribution in [0, 0.1) is 5.92 Å². The van der Waals surface area contributed by atoms with Crippen LogP contribution in [-0.2, 0) is 0 Å². The SMILES string of the molecule is C[C@@H]1C[C@@H]2CCCC[C@H]2N1CCCCCO. The van der Waals surface area contributed by atoms with Crippen molar-refractivity contribution in [2.45, 2.75) is 70.4 Å². The van der Waals surface area contributed by atoms with Gasteiger partial charge in [-0.05, 0) is 57.9 Å². The minimum Gasteiger partial charge on any atom is -0.396 e. The first kappa shape index (κ1) is 12.4. The maximum atomic E-state index is 8.78. The van der Waals surface area contributed by atoms with Gasteiger partial charge in [-0.3, -0.25) is 4.90 Å². The summed E-state index contributed by atoms with van der Waals surface area (Å²) in [6.07, 6.45) is 10.7. The average Bonchev–Trinajstić information content (AvgIpc) is 2.61. The predicted molar refractivity (Wildman–Crippen MR) is 67.5 cm³/mol. The normalized spacial score (nSPS) is 35.2. The van der Waals surface area contributed by atoms with Gasteiger partial charge < -0.3 is 5.11 Å². The highest BCUT2D eigenvalue weighted by Gasteiger charge is 2.39. The summed E-state index contributed by atoms with van der Waals surface area (Å²) in [5, 5.41) is 8.78. The van der Waals surface area contributed by atoms with Crippen molar-refractivity contribution in [1.82, 2.24) is 4.90 Å². The number of hydrogen-bond donors (Lipinski definition) is 1. The third-order valence-electron chi connectivity index (χ3n) is 4.58. The van der Waals surface area contributed by atoms with Crippen molar-refractivity contribution in [1.29, 1.82) is 0 Å². The van der Waals surface area contributed by atoms with E-state index in [1.807, 2.05) is 0 Å². The number of likely N-dealkylation sites (tertiary alicyclic amines) is 1. The van der Waals surface area contributed by atoms with Gasteiger partial charge in [0.1, 0.15) is 0 Å². The molecule has 1 heterocycles. The lowest BCUT2D eigenvalue weighted by atomic mass is 9.85. The lowest BCUT2D eigenvalue weighted by molar-refractivity contribution is 0.152. The van der Waals surface area contributed by atoms with Crippen molar-refractivity contribution in [3.63, 3.8) is 0 Å². The Morgan fingerprint density at radius 3 is 2.75 bits per heavy atom. The Balaban J connectivity index is 1.78. The Morgan fingerprint density at radius 1 is 1.12 bits per heavy atom. The summed E-state index contributed by atoms with van der Waals surface area (Å²) in [7, 11) is 0. The van der Waals surface area contributed by atoms with E-state index in [1.165, 1.54) is 51.5 Å². The molecule has 94 valence electrons. The Labute approximate surface area is 100 Å². The van der Waals surface area contributed by atoms with E-state index < -0.39 is 0 Å². The van der Waals surface area contributed by atoms with Gasteiger partial charge >= 0.3 is 0 Å². The van der Waals surface area contributed by atoms with Crippen LogP contribution in [0.1, 0.15) is 58.3 Å². The molecular formula is C14H27NO. The zero-order valence-corrected chi connectivity index (χ0v) is 10.7. The molecule has 2 heteroatoms. The molecule has 0 amide bonds. The maximum Gasteiger partial charge on any atom is 0.0431 e. The molecule has 0 aromatic rings. The number of aliphatic hydroxyl groups is 1. The van der Waals surface area contributed by atoms with E-state index >= 15 is 0 Å². The van der Waals surface area contributed by atoms with Crippen LogP contribution in [0.5, 0.6) is 0 Å². The molecule has 2 nitrogen and oxygen atoms in total. The molecule has 0 aromatic carbocycles. The second-order valence-electron chi connectivity index (χ2n) is 5.72. The summed E-state index contributed by atoms with van der Waals surface area (Å²) in [5.74, 6) is 1.00. The van der Waals surface area contributed by atoms with E-state index in [-0.39, 0.29) is 0 Å². The third-order valence-corrected chi connectivity index (χ3v) is 4.58. The van der Waals surface area contributed by atoms with Gasteiger partial charge in [0.25, 0.3) is 0 Å². The topological polar surface area (TPSA) is 23.5 Å². The highest BCUT2D eigenvalue weighted by Crippen LogP contribution is 2.39. The monoisotopic (exact) mass is 225 g/mol. The molecule has 0 unspecified atom stereocenters. The molecular weight excluding hydrogens is 198 g/mol. The van der Waals surface area contributed by atoms with Gasteiger partial charge in [-0.2, -0.15) is 0 Å². The average molecular weight is 225 g/mol. The zero-order valence-electron chi connectivity index (χ0n) is 10.7. The summed E-state index contributed by atoms with van der Waals surface area (Å²) in [5.41, 5.74) is 0.